The first-order valence-corrected chi connectivity index (χ1v) is 9.28. The van der Waals surface area contributed by atoms with Crippen LogP contribution in [0.1, 0.15) is 66.5 Å². The van der Waals surface area contributed by atoms with Crippen molar-refractivity contribution in [2.75, 3.05) is 24.6 Å². The van der Waals surface area contributed by atoms with Crippen molar-refractivity contribution in [2.24, 2.45) is 5.41 Å². The number of rotatable bonds is 5. The van der Waals surface area contributed by atoms with Gasteiger partial charge < -0.3 is 15.0 Å². The van der Waals surface area contributed by atoms with Crippen LogP contribution in [0.3, 0.4) is 0 Å². The van der Waals surface area contributed by atoms with E-state index in [4.69, 9.17) is 4.74 Å². The molecule has 0 aliphatic carbocycles. The molecule has 1 aromatic carbocycles. The smallest absolute Gasteiger partial charge is 0.0767 e. The molecule has 24 heavy (non-hydrogen) atoms. The lowest BCUT2D eigenvalue weighted by atomic mass is 9.98. The van der Waals surface area contributed by atoms with Crippen LogP contribution in [-0.4, -0.2) is 31.3 Å². The third kappa shape index (κ3) is 6.10. The molecule has 1 saturated heterocycles. The molecule has 1 aliphatic heterocycles. The molecule has 1 aromatic rings. The summed E-state index contributed by atoms with van der Waals surface area (Å²) >= 11 is 0. The van der Waals surface area contributed by atoms with Crippen molar-refractivity contribution in [1.29, 1.82) is 0 Å². The molecule has 0 spiro atoms. The molecule has 2 atom stereocenters. The molecule has 0 bridgehead atoms. The van der Waals surface area contributed by atoms with Crippen molar-refractivity contribution >= 4 is 5.69 Å². The minimum absolute atomic E-state index is 0.130. The van der Waals surface area contributed by atoms with Crippen molar-refractivity contribution < 1.29 is 4.74 Å². The first-order valence-electron chi connectivity index (χ1n) is 9.28. The summed E-state index contributed by atoms with van der Waals surface area (Å²) in [6, 6.07) is 9.37. The van der Waals surface area contributed by atoms with E-state index in [9.17, 15) is 0 Å². The summed E-state index contributed by atoms with van der Waals surface area (Å²) in [5.41, 5.74) is 3.02. The predicted molar refractivity (Wildman–Crippen MR) is 104 cm³/mol. The SMILES string of the molecule is CC(NC(C)(C)C)c1ccc(N2CC[C@H](OCC(C)(C)C)C2)cc1. The average Bonchev–Trinajstić information content (AvgIpc) is 2.92. The first kappa shape index (κ1) is 19.3. The predicted octanol–water partition coefficient (Wildman–Crippen LogP) is 4.78. The summed E-state index contributed by atoms with van der Waals surface area (Å²) in [7, 11) is 0. The lowest BCUT2D eigenvalue weighted by Crippen LogP contribution is -2.37. The van der Waals surface area contributed by atoms with Gasteiger partial charge in [-0.1, -0.05) is 32.9 Å². The second kappa shape index (κ2) is 7.45. The van der Waals surface area contributed by atoms with Crippen LogP contribution in [-0.2, 0) is 4.74 Å². The van der Waals surface area contributed by atoms with Gasteiger partial charge in [0.1, 0.15) is 0 Å². The Labute approximate surface area is 148 Å². The number of nitrogens with zero attached hydrogens (tertiary/aromatic N) is 1. The molecule has 1 aliphatic rings. The van der Waals surface area contributed by atoms with Gasteiger partial charge >= 0.3 is 0 Å². The Bertz CT molecular complexity index is 510. The van der Waals surface area contributed by atoms with Crippen LogP contribution in [0.15, 0.2) is 24.3 Å². The fraction of sp³-hybridized carbons (Fsp3) is 0.714. The quantitative estimate of drug-likeness (QED) is 0.840. The second-order valence-electron chi connectivity index (χ2n) is 9.44. The molecule has 2 rings (SSSR count). The highest BCUT2D eigenvalue weighted by Gasteiger charge is 2.25. The Morgan fingerprint density at radius 3 is 2.29 bits per heavy atom. The molecule has 0 amide bonds. The zero-order chi connectivity index (χ0) is 18.0. The van der Waals surface area contributed by atoms with Crippen molar-refractivity contribution in [2.45, 2.75) is 72.6 Å². The van der Waals surface area contributed by atoms with Gasteiger partial charge in [-0.25, -0.2) is 0 Å². The van der Waals surface area contributed by atoms with Gasteiger partial charge in [0.2, 0.25) is 0 Å². The third-order valence-corrected chi connectivity index (χ3v) is 4.30. The highest BCUT2D eigenvalue weighted by Crippen LogP contribution is 2.26. The Balaban J connectivity index is 1.90. The Morgan fingerprint density at radius 2 is 1.75 bits per heavy atom. The number of nitrogens with one attached hydrogen (secondary N) is 1. The topological polar surface area (TPSA) is 24.5 Å². The maximum atomic E-state index is 6.08. The minimum atomic E-state index is 0.130. The highest BCUT2D eigenvalue weighted by molar-refractivity contribution is 5.49. The molecule has 1 fully saturated rings. The van der Waals surface area contributed by atoms with Gasteiger partial charge in [-0.3, -0.25) is 0 Å². The van der Waals surface area contributed by atoms with Gasteiger partial charge in [0.15, 0.2) is 0 Å². The van der Waals surface area contributed by atoms with Crippen LogP contribution < -0.4 is 10.2 Å². The Morgan fingerprint density at radius 1 is 1.12 bits per heavy atom. The van der Waals surface area contributed by atoms with Crippen molar-refractivity contribution in [3.05, 3.63) is 29.8 Å². The summed E-state index contributed by atoms with van der Waals surface area (Å²) in [6.45, 7) is 18.5. The van der Waals surface area contributed by atoms with Crippen LogP contribution in [0, 0.1) is 5.41 Å². The molecule has 0 radical (unpaired) electrons. The fourth-order valence-electron chi connectivity index (χ4n) is 3.17. The highest BCUT2D eigenvalue weighted by atomic mass is 16.5. The van der Waals surface area contributed by atoms with Crippen LogP contribution in [0.5, 0.6) is 0 Å². The number of ether oxygens (including phenoxy) is 1. The van der Waals surface area contributed by atoms with Crippen LogP contribution in [0.25, 0.3) is 0 Å². The van der Waals surface area contributed by atoms with Gasteiger partial charge in [0, 0.05) is 30.4 Å². The maximum absolute atomic E-state index is 6.08. The molecule has 136 valence electrons. The van der Waals surface area contributed by atoms with E-state index in [-0.39, 0.29) is 11.0 Å². The zero-order valence-electron chi connectivity index (χ0n) is 16.6. The summed E-state index contributed by atoms with van der Waals surface area (Å²) in [5, 5.41) is 3.63. The number of hydrogen-bond acceptors (Lipinski definition) is 3. The number of anilines is 1. The lowest BCUT2D eigenvalue weighted by Gasteiger charge is -2.27. The molecular formula is C21H36N2O. The summed E-state index contributed by atoms with van der Waals surface area (Å²) in [6.07, 6.45) is 1.49. The summed E-state index contributed by atoms with van der Waals surface area (Å²) in [4.78, 5) is 2.44. The van der Waals surface area contributed by atoms with E-state index < -0.39 is 0 Å². The van der Waals surface area contributed by atoms with E-state index >= 15 is 0 Å². The van der Waals surface area contributed by atoms with E-state index in [0.29, 0.717) is 12.1 Å². The Hall–Kier alpha value is -1.06. The molecule has 3 nitrogen and oxygen atoms in total. The lowest BCUT2D eigenvalue weighted by molar-refractivity contribution is 0.0205. The van der Waals surface area contributed by atoms with Gasteiger partial charge in [-0.2, -0.15) is 0 Å². The van der Waals surface area contributed by atoms with E-state index in [1.165, 1.54) is 11.3 Å². The van der Waals surface area contributed by atoms with E-state index in [0.717, 1.165) is 26.1 Å². The van der Waals surface area contributed by atoms with Crippen molar-refractivity contribution in [3.63, 3.8) is 0 Å². The van der Waals surface area contributed by atoms with Crippen molar-refractivity contribution in [3.8, 4) is 0 Å². The summed E-state index contributed by atoms with van der Waals surface area (Å²) < 4.78 is 6.08. The average molecular weight is 333 g/mol. The molecule has 1 unspecified atom stereocenters. The van der Waals surface area contributed by atoms with Gasteiger partial charge in [-0.05, 0) is 57.2 Å². The molecule has 3 heteroatoms. The third-order valence-electron chi connectivity index (χ3n) is 4.30. The minimum Gasteiger partial charge on any atom is -0.376 e. The fourth-order valence-corrected chi connectivity index (χ4v) is 3.17. The van der Waals surface area contributed by atoms with E-state index in [2.05, 4.69) is 82.9 Å². The largest absolute Gasteiger partial charge is 0.376 e. The van der Waals surface area contributed by atoms with E-state index in [1.54, 1.807) is 0 Å². The van der Waals surface area contributed by atoms with Crippen LogP contribution in [0.2, 0.25) is 0 Å². The first-order chi connectivity index (χ1) is 11.0. The monoisotopic (exact) mass is 332 g/mol. The zero-order valence-corrected chi connectivity index (χ0v) is 16.6. The van der Waals surface area contributed by atoms with Gasteiger partial charge in [0.05, 0.1) is 12.7 Å². The molecule has 1 heterocycles. The number of hydrogen-bond donors (Lipinski definition) is 1. The molecule has 1 N–H and O–H groups in total. The number of benzene rings is 1. The maximum Gasteiger partial charge on any atom is 0.0767 e. The van der Waals surface area contributed by atoms with Gasteiger partial charge in [-0.15, -0.1) is 0 Å². The standard InChI is InChI=1S/C21H36N2O/c1-16(22-21(5,6)7)17-8-10-18(11-9-17)23-13-12-19(14-23)24-15-20(2,3)4/h8-11,16,19,22H,12-15H2,1-7H3/t16?,19-/m0/s1. The molecule has 0 saturated carbocycles. The summed E-state index contributed by atoms with van der Waals surface area (Å²) in [5.74, 6) is 0. The molecular weight excluding hydrogens is 296 g/mol. The van der Waals surface area contributed by atoms with Crippen molar-refractivity contribution in [1.82, 2.24) is 5.32 Å². The second-order valence-corrected chi connectivity index (χ2v) is 9.44. The molecule has 0 aromatic heterocycles. The van der Waals surface area contributed by atoms with Crippen LogP contribution in [0.4, 0.5) is 5.69 Å². The van der Waals surface area contributed by atoms with Gasteiger partial charge in [0.25, 0.3) is 0 Å². The van der Waals surface area contributed by atoms with Crippen LogP contribution >= 0.6 is 0 Å². The normalized spacial score (nSPS) is 20.5. The van der Waals surface area contributed by atoms with E-state index in [1.807, 2.05) is 0 Å². The Kier molecular flexibility index (Phi) is 5.98.